The van der Waals surface area contributed by atoms with E-state index in [1.807, 2.05) is 19.1 Å². The van der Waals surface area contributed by atoms with Crippen LogP contribution in [0.3, 0.4) is 0 Å². The zero-order valence-electron chi connectivity index (χ0n) is 15.9. The monoisotopic (exact) mass is 392 g/mol. The van der Waals surface area contributed by atoms with Crippen molar-refractivity contribution in [1.82, 2.24) is 15.0 Å². The first-order valence-corrected chi connectivity index (χ1v) is 9.13. The van der Waals surface area contributed by atoms with E-state index in [9.17, 15) is 8.78 Å². The molecule has 0 bridgehead atoms. The number of halogens is 2. The fourth-order valence-corrected chi connectivity index (χ4v) is 3.16. The van der Waals surface area contributed by atoms with Crippen molar-refractivity contribution in [1.29, 1.82) is 0 Å². The third-order valence-electron chi connectivity index (χ3n) is 4.46. The molecule has 2 aromatic heterocycles. The van der Waals surface area contributed by atoms with Gasteiger partial charge in [-0.05, 0) is 48.9 Å². The van der Waals surface area contributed by atoms with Crippen LogP contribution in [-0.2, 0) is 0 Å². The largest absolute Gasteiger partial charge is 0.492 e. The number of anilines is 1. The molecule has 0 radical (unpaired) electrons. The molecule has 5 nitrogen and oxygen atoms in total. The lowest BCUT2D eigenvalue weighted by Gasteiger charge is -2.14. The van der Waals surface area contributed by atoms with Gasteiger partial charge in [-0.1, -0.05) is 0 Å². The predicted octanol–water partition coefficient (Wildman–Crippen LogP) is 5.08. The van der Waals surface area contributed by atoms with E-state index >= 15 is 0 Å². The highest BCUT2D eigenvalue weighted by atomic mass is 19.1. The van der Waals surface area contributed by atoms with Crippen molar-refractivity contribution in [2.45, 2.75) is 6.92 Å². The summed E-state index contributed by atoms with van der Waals surface area (Å²) in [5, 5.41) is 3.74. The number of nitrogens with one attached hydrogen (secondary N) is 1. The molecule has 7 heteroatoms. The van der Waals surface area contributed by atoms with Crippen molar-refractivity contribution in [2.75, 3.05) is 19.0 Å². The van der Waals surface area contributed by atoms with Gasteiger partial charge >= 0.3 is 0 Å². The molecule has 2 heterocycles. The van der Waals surface area contributed by atoms with E-state index in [-0.39, 0.29) is 5.56 Å². The summed E-state index contributed by atoms with van der Waals surface area (Å²) in [4.78, 5) is 13.4. The minimum Gasteiger partial charge on any atom is -0.492 e. The van der Waals surface area contributed by atoms with Crippen molar-refractivity contribution in [3.63, 3.8) is 0 Å². The van der Waals surface area contributed by atoms with Crippen LogP contribution in [0.5, 0.6) is 5.75 Å². The first-order chi connectivity index (χ1) is 14.1. The maximum absolute atomic E-state index is 14.4. The SMILES string of the molecule is CCOc1cc(-c2ccc(F)cc2F)cc2c(NC)nc(-c3cccnc3)nc12. The van der Waals surface area contributed by atoms with Gasteiger partial charge in [0.05, 0.1) is 6.61 Å². The van der Waals surface area contributed by atoms with E-state index in [0.29, 0.717) is 40.5 Å². The maximum Gasteiger partial charge on any atom is 0.163 e. The Hall–Kier alpha value is -3.61. The van der Waals surface area contributed by atoms with E-state index in [2.05, 4.69) is 20.3 Å². The van der Waals surface area contributed by atoms with Crippen molar-refractivity contribution >= 4 is 16.7 Å². The van der Waals surface area contributed by atoms with Crippen molar-refractivity contribution in [2.24, 2.45) is 0 Å². The van der Waals surface area contributed by atoms with E-state index in [1.54, 1.807) is 31.6 Å². The minimum atomic E-state index is -0.647. The molecule has 0 fully saturated rings. The number of aromatic nitrogens is 3. The Morgan fingerprint density at radius 2 is 1.90 bits per heavy atom. The van der Waals surface area contributed by atoms with Gasteiger partial charge in [0.1, 0.15) is 28.7 Å². The maximum atomic E-state index is 14.4. The third-order valence-corrected chi connectivity index (χ3v) is 4.46. The first-order valence-electron chi connectivity index (χ1n) is 9.13. The van der Waals surface area contributed by atoms with Crippen LogP contribution >= 0.6 is 0 Å². The highest BCUT2D eigenvalue weighted by Gasteiger charge is 2.17. The van der Waals surface area contributed by atoms with Gasteiger partial charge in [-0.15, -0.1) is 0 Å². The average molecular weight is 392 g/mol. The van der Waals surface area contributed by atoms with Gasteiger partial charge in [0.2, 0.25) is 0 Å². The number of ether oxygens (including phenoxy) is 1. The lowest BCUT2D eigenvalue weighted by Crippen LogP contribution is -2.02. The molecule has 0 aliphatic heterocycles. The van der Waals surface area contributed by atoms with Gasteiger partial charge in [0, 0.05) is 42.0 Å². The predicted molar refractivity (Wildman–Crippen MR) is 109 cm³/mol. The molecule has 0 aliphatic rings. The molecule has 29 heavy (non-hydrogen) atoms. The quantitative estimate of drug-likeness (QED) is 0.513. The Morgan fingerprint density at radius 1 is 1.03 bits per heavy atom. The molecule has 0 aliphatic carbocycles. The molecule has 0 saturated heterocycles. The molecule has 4 aromatic rings. The summed E-state index contributed by atoms with van der Waals surface area (Å²) in [6, 6.07) is 10.7. The van der Waals surface area contributed by atoms with Gasteiger partial charge in [0.15, 0.2) is 5.82 Å². The second-order valence-corrected chi connectivity index (χ2v) is 6.32. The van der Waals surface area contributed by atoms with Crippen LogP contribution < -0.4 is 10.1 Å². The van der Waals surface area contributed by atoms with Crippen LogP contribution in [0.15, 0.2) is 54.9 Å². The number of rotatable bonds is 5. The Morgan fingerprint density at radius 3 is 2.59 bits per heavy atom. The molecule has 1 N–H and O–H groups in total. The van der Waals surface area contributed by atoms with Crippen LogP contribution in [0.4, 0.5) is 14.6 Å². The molecule has 0 amide bonds. The summed E-state index contributed by atoms with van der Waals surface area (Å²) < 4.78 is 33.5. The van der Waals surface area contributed by atoms with Gasteiger partial charge < -0.3 is 10.1 Å². The van der Waals surface area contributed by atoms with E-state index in [4.69, 9.17) is 4.74 Å². The topological polar surface area (TPSA) is 59.9 Å². The molecule has 0 unspecified atom stereocenters. The number of fused-ring (bicyclic) bond motifs is 1. The van der Waals surface area contributed by atoms with Gasteiger partial charge in [-0.25, -0.2) is 18.7 Å². The number of benzene rings is 2. The van der Waals surface area contributed by atoms with Crippen LogP contribution in [0, 0.1) is 11.6 Å². The summed E-state index contributed by atoms with van der Waals surface area (Å²) >= 11 is 0. The highest BCUT2D eigenvalue weighted by Crippen LogP contribution is 2.36. The molecule has 0 atom stereocenters. The van der Waals surface area contributed by atoms with Crippen molar-refractivity contribution in [3.05, 3.63) is 66.5 Å². The normalized spacial score (nSPS) is 10.9. The van der Waals surface area contributed by atoms with E-state index < -0.39 is 11.6 Å². The Kier molecular flexibility index (Phi) is 5.03. The van der Waals surface area contributed by atoms with Crippen molar-refractivity contribution < 1.29 is 13.5 Å². The van der Waals surface area contributed by atoms with Crippen LogP contribution in [-0.4, -0.2) is 28.6 Å². The molecular weight excluding hydrogens is 374 g/mol. The van der Waals surface area contributed by atoms with Gasteiger partial charge in [0.25, 0.3) is 0 Å². The fraction of sp³-hybridized carbons (Fsp3) is 0.136. The van der Waals surface area contributed by atoms with Gasteiger partial charge in [-0.2, -0.15) is 0 Å². The van der Waals surface area contributed by atoms with Crippen LogP contribution in [0.25, 0.3) is 33.4 Å². The number of hydrogen-bond donors (Lipinski definition) is 1. The van der Waals surface area contributed by atoms with E-state index in [0.717, 1.165) is 11.6 Å². The van der Waals surface area contributed by atoms with Gasteiger partial charge in [-0.3, -0.25) is 4.98 Å². The molecule has 146 valence electrons. The smallest absolute Gasteiger partial charge is 0.163 e. The summed E-state index contributed by atoms with van der Waals surface area (Å²) in [5.41, 5.74) is 2.18. The second-order valence-electron chi connectivity index (χ2n) is 6.32. The lowest BCUT2D eigenvalue weighted by molar-refractivity contribution is 0.344. The Labute approximate surface area is 166 Å². The fourth-order valence-electron chi connectivity index (χ4n) is 3.16. The number of pyridine rings is 1. The Bertz CT molecular complexity index is 1180. The second kappa shape index (κ2) is 7.79. The number of hydrogen-bond acceptors (Lipinski definition) is 5. The number of nitrogens with zero attached hydrogens (tertiary/aromatic N) is 3. The molecular formula is C22H18F2N4O. The summed E-state index contributed by atoms with van der Waals surface area (Å²) in [7, 11) is 1.75. The summed E-state index contributed by atoms with van der Waals surface area (Å²) in [5.74, 6) is 0.284. The van der Waals surface area contributed by atoms with Crippen molar-refractivity contribution in [3.8, 4) is 28.3 Å². The summed E-state index contributed by atoms with van der Waals surface area (Å²) in [6.07, 6.45) is 3.36. The molecule has 0 spiro atoms. The minimum absolute atomic E-state index is 0.271. The average Bonchev–Trinajstić information content (AvgIpc) is 2.74. The zero-order chi connectivity index (χ0) is 20.4. The molecule has 2 aromatic carbocycles. The summed E-state index contributed by atoms with van der Waals surface area (Å²) in [6.45, 7) is 2.27. The zero-order valence-corrected chi connectivity index (χ0v) is 15.9. The first kappa shape index (κ1) is 18.7. The van der Waals surface area contributed by atoms with E-state index in [1.165, 1.54) is 12.1 Å². The molecule has 0 saturated carbocycles. The standard InChI is InChI=1S/C22H18F2N4O/c1-3-29-19-10-14(16-7-6-15(23)11-18(16)24)9-17-20(19)27-21(28-22(17)25-2)13-5-4-8-26-12-13/h4-12H,3H2,1-2H3,(H,25,27,28). The molecule has 4 rings (SSSR count). The highest BCUT2D eigenvalue weighted by molar-refractivity contribution is 5.97. The third kappa shape index (κ3) is 3.59. The van der Waals surface area contributed by atoms with Crippen LogP contribution in [0.2, 0.25) is 0 Å². The van der Waals surface area contributed by atoms with Crippen LogP contribution in [0.1, 0.15) is 6.92 Å². The Balaban J connectivity index is 1.98. The lowest BCUT2D eigenvalue weighted by atomic mass is 10.0.